The third-order valence-corrected chi connectivity index (χ3v) is 14.6. The van der Waals surface area contributed by atoms with E-state index in [1.807, 2.05) is 0 Å². The van der Waals surface area contributed by atoms with Crippen LogP contribution in [0.4, 0.5) is 17.1 Å². The van der Waals surface area contributed by atoms with Crippen molar-refractivity contribution in [2.45, 2.75) is 24.7 Å². The zero-order valence-corrected chi connectivity index (χ0v) is 36.9. The molecule has 0 aliphatic heterocycles. The Hall–Kier alpha value is -8.20. The van der Waals surface area contributed by atoms with Crippen molar-refractivity contribution in [1.82, 2.24) is 0 Å². The van der Waals surface area contributed by atoms with Crippen molar-refractivity contribution in [3.05, 3.63) is 270 Å². The van der Waals surface area contributed by atoms with Gasteiger partial charge in [0, 0.05) is 33.1 Å². The average Bonchev–Trinajstić information content (AvgIpc) is 3.99. The molecule has 0 amide bonds. The van der Waals surface area contributed by atoms with Crippen LogP contribution in [0.2, 0.25) is 0 Å². The molecule has 0 radical (unpaired) electrons. The van der Waals surface area contributed by atoms with E-state index in [0.717, 1.165) is 50.1 Å². The summed E-state index contributed by atoms with van der Waals surface area (Å²) in [5.74, 6) is 0. The van der Waals surface area contributed by atoms with Crippen LogP contribution in [-0.4, -0.2) is 0 Å². The van der Waals surface area contributed by atoms with E-state index in [9.17, 15) is 0 Å². The summed E-state index contributed by atoms with van der Waals surface area (Å²) in [7, 11) is 0. The summed E-state index contributed by atoms with van der Waals surface area (Å²) in [6, 6.07) is 86.7. The zero-order valence-electron chi connectivity index (χ0n) is 36.9. The lowest BCUT2D eigenvalue weighted by molar-refractivity contribution is 0.660. The predicted octanol–water partition coefficient (Wildman–Crippen LogP) is 17.1. The van der Waals surface area contributed by atoms with Crippen molar-refractivity contribution in [3.8, 4) is 44.5 Å². The maximum atomic E-state index is 7.10. The Morgan fingerprint density at radius 1 is 0.348 bits per heavy atom. The number of hydrogen-bond donors (Lipinski definition) is 0. The van der Waals surface area contributed by atoms with Gasteiger partial charge in [0.15, 0.2) is 5.58 Å². The Morgan fingerprint density at radius 3 is 1.59 bits per heavy atom. The second-order valence-electron chi connectivity index (χ2n) is 18.3. The fourth-order valence-corrected chi connectivity index (χ4v) is 11.6. The van der Waals surface area contributed by atoms with E-state index >= 15 is 0 Å². The molecular formula is C64H45NO. The molecule has 2 heteroatoms. The van der Waals surface area contributed by atoms with Gasteiger partial charge in [0.25, 0.3) is 0 Å². The van der Waals surface area contributed by atoms with E-state index in [0.29, 0.717) is 0 Å². The van der Waals surface area contributed by atoms with Crippen molar-refractivity contribution in [1.29, 1.82) is 0 Å². The summed E-state index contributed by atoms with van der Waals surface area (Å²) >= 11 is 0. The maximum absolute atomic E-state index is 7.10. The highest BCUT2D eigenvalue weighted by molar-refractivity contribution is 6.13. The molecule has 11 aromatic rings. The number of furan rings is 1. The lowest BCUT2D eigenvalue weighted by Crippen LogP contribution is -2.28. The average molecular weight is 844 g/mol. The monoisotopic (exact) mass is 843 g/mol. The number of benzene rings is 10. The highest BCUT2D eigenvalue weighted by Gasteiger charge is 2.46. The van der Waals surface area contributed by atoms with Gasteiger partial charge in [-0.1, -0.05) is 220 Å². The Bertz CT molecular complexity index is 3620. The van der Waals surface area contributed by atoms with Gasteiger partial charge in [-0.05, 0) is 103 Å². The van der Waals surface area contributed by atoms with Gasteiger partial charge < -0.3 is 9.32 Å². The predicted molar refractivity (Wildman–Crippen MR) is 274 cm³/mol. The standard InChI is InChI=1S/C64H45NO/c1-63(2)55-31-14-12-25-50(55)51-40-39-47(41-58(51)63)65(59-34-18-30-53-52-29-16-28-49(61(52)66-62(53)59)42-19-6-3-7-20-42)46-37-35-43(36-38-46)48-27-17-33-57-60(48)54-26-13-15-32-56(54)64(57,44-21-8-4-9-22-44)45-23-10-5-11-24-45/h3-41H,1-2H3. The number of para-hydroxylation sites is 2. The molecule has 10 aromatic carbocycles. The van der Waals surface area contributed by atoms with Gasteiger partial charge in [-0.2, -0.15) is 0 Å². The van der Waals surface area contributed by atoms with Crippen LogP contribution in [0.25, 0.3) is 66.4 Å². The van der Waals surface area contributed by atoms with Gasteiger partial charge in [0.05, 0.1) is 11.1 Å². The first-order chi connectivity index (χ1) is 32.5. The summed E-state index contributed by atoms with van der Waals surface area (Å²) < 4.78 is 7.10. The molecule has 1 heterocycles. The first kappa shape index (κ1) is 38.3. The van der Waals surface area contributed by atoms with Crippen LogP contribution in [-0.2, 0) is 10.8 Å². The van der Waals surface area contributed by atoms with E-state index in [2.05, 4.69) is 255 Å². The summed E-state index contributed by atoms with van der Waals surface area (Å²) in [4.78, 5) is 2.40. The molecule has 2 nitrogen and oxygen atoms in total. The quantitative estimate of drug-likeness (QED) is 0.159. The van der Waals surface area contributed by atoms with Crippen LogP contribution >= 0.6 is 0 Å². The molecule has 0 bridgehead atoms. The van der Waals surface area contributed by atoms with Crippen molar-refractivity contribution in [3.63, 3.8) is 0 Å². The molecule has 0 spiro atoms. The number of rotatable bonds is 7. The lowest BCUT2D eigenvalue weighted by atomic mass is 9.67. The molecule has 0 fully saturated rings. The molecule has 0 atom stereocenters. The third-order valence-electron chi connectivity index (χ3n) is 14.6. The molecule has 312 valence electrons. The molecule has 1 aromatic heterocycles. The molecule has 2 aliphatic carbocycles. The van der Waals surface area contributed by atoms with Crippen LogP contribution in [0, 0.1) is 0 Å². The Kier molecular flexibility index (Phi) is 8.51. The van der Waals surface area contributed by atoms with E-state index in [4.69, 9.17) is 4.42 Å². The fraction of sp³-hybridized carbons (Fsp3) is 0.0625. The number of hydrogen-bond acceptors (Lipinski definition) is 2. The molecule has 0 saturated carbocycles. The van der Waals surface area contributed by atoms with Gasteiger partial charge in [-0.25, -0.2) is 0 Å². The SMILES string of the molecule is CC1(C)c2ccccc2-c2ccc(N(c3ccc(-c4cccc5c4-c4ccccc4C5(c4ccccc4)c4ccccc4)cc3)c3cccc4c3oc3c(-c5ccccc5)cccc34)cc21. The smallest absolute Gasteiger partial charge is 0.159 e. The molecule has 0 N–H and O–H groups in total. The summed E-state index contributed by atoms with van der Waals surface area (Å²) in [5, 5.41) is 2.20. The van der Waals surface area contributed by atoms with Crippen molar-refractivity contribution in [2.75, 3.05) is 4.90 Å². The summed E-state index contributed by atoms with van der Waals surface area (Å²) in [5.41, 5.74) is 21.9. The molecule has 2 aliphatic rings. The van der Waals surface area contributed by atoms with Gasteiger partial charge in [0.2, 0.25) is 0 Å². The van der Waals surface area contributed by atoms with Crippen molar-refractivity contribution < 1.29 is 4.42 Å². The van der Waals surface area contributed by atoms with Crippen LogP contribution in [0.5, 0.6) is 0 Å². The fourth-order valence-electron chi connectivity index (χ4n) is 11.6. The molecule has 13 rings (SSSR count). The number of nitrogens with zero attached hydrogens (tertiary/aromatic N) is 1. The van der Waals surface area contributed by atoms with Gasteiger partial charge >= 0.3 is 0 Å². The molecular weight excluding hydrogens is 799 g/mol. The third kappa shape index (κ3) is 5.48. The van der Waals surface area contributed by atoms with E-state index < -0.39 is 5.41 Å². The number of anilines is 3. The summed E-state index contributed by atoms with van der Waals surface area (Å²) in [6.45, 7) is 4.71. The minimum Gasteiger partial charge on any atom is -0.453 e. The Morgan fingerprint density at radius 2 is 0.864 bits per heavy atom. The lowest BCUT2D eigenvalue weighted by Gasteiger charge is -2.34. The highest BCUT2D eigenvalue weighted by Crippen LogP contribution is 2.58. The van der Waals surface area contributed by atoms with Crippen LogP contribution in [0.3, 0.4) is 0 Å². The Labute approximate surface area is 385 Å². The second-order valence-corrected chi connectivity index (χ2v) is 18.3. The van der Waals surface area contributed by atoms with E-state index in [1.165, 1.54) is 66.8 Å². The highest BCUT2D eigenvalue weighted by atomic mass is 16.3. The minimum atomic E-state index is -0.464. The van der Waals surface area contributed by atoms with E-state index in [-0.39, 0.29) is 5.41 Å². The topological polar surface area (TPSA) is 16.4 Å². The first-order valence-electron chi connectivity index (χ1n) is 23.0. The number of fused-ring (bicyclic) bond motifs is 9. The molecule has 66 heavy (non-hydrogen) atoms. The molecule has 0 unspecified atom stereocenters. The van der Waals surface area contributed by atoms with Gasteiger partial charge in [-0.15, -0.1) is 0 Å². The maximum Gasteiger partial charge on any atom is 0.159 e. The van der Waals surface area contributed by atoms with Gasteiger partial charge in [0.1, 0.15) is 5.58 Å². The van der Waals surface area contributed by atoms with Crippen LogP contribution in [0.15, 0.2) is 241 Å². The van der Waals surface area contributed by atoms with Crippen LogP contribution < -0.4 is 4.90 Å². The van der Waals surface area contributed by atoms with E-state index in [1.54, 1.807) is 0 Å². The minimum absolute atomic E-state index is 0.161. The molecule has 0 saturated heterocycles. The largest absolute Gasteiger partial charge is 0.453 e. The normalized spacial score (nSPS) is 13.8. The van der Waals surface area contributed by atoms with Crippen LogP contribution in [0.1, 0.15) is 47.2 Å². The van der Waals surface area contributed by atoms with Crippen molar-refractivity contribution >= 4 is 39.0 Å². The first-order valence-corrected chi connectivity index (χ1v) is 23.0. The second kappa shape index (κ2) is 14.7. The Balaban J connectivity index is 1.00. The van der Waals surface area contributed by atoms with Crippen molar-refractivity contribution in [2.24, 2.45) is 0 Å². The van der Waals surface area contributed by atoms with Gasteiger partial charge in [-0.3, -0.25) is 0 Å². The zero-order chi connectivity index (χ0) is 44.0. The summed E-state index contributed by atoms with van der Waals surface area (Å²) in [6.07, 6.45) is 0.